The Labute approximate surface area is 183 Å². The van der Waals surface area contributed by atoms with Crippen molar-refractivity contribution in [2.75, 3.05) is 25.6 Å². The average molecular weight is 431 g/mol. The molecule has 0 unspecified atom stereocenters. The van der Waals surface area contributed by atoms with E-state index in [1.165, 1.54) is 12.0 Å². The predicted molar refractivity (Wildman–Crippen MR) is 119 cm³/mol. The van der Waals surface area contributed by atoms with E-state index in [0.29, 0.717) is 42.6 Å². The first-order chi connectivity index (χ1) is 15.4. The lowest BCUT2D eigenvalue weighted by Crippen LogP contribution is -2.35. The summed E-state index contributed by atoms with van der Waals surface area (Å²) in [4.78, 5) is 34.8. The van der Waals surface area contributed by atoms with E-state index >= 15 is 0 Å². The van der Waals surface area contributed by atoms with Gasteiger partial charge in [0.25, 0.3) is 0 Å². The molecule has 3 heterocycles. The highest BCUT2D eigenvalue weighted by atomic mass is 16.5. The van der Waals surface area contributed by atoms with Crippen molar-refractivity contribution in [1.29, 1.82) is 0 Å². The summed E-state index contributed by atoms with van der Waals surface area (Å²) in [5.74, 6) is 1.08. The fourth-order valence-corrected chi connectivity index (χ4v) is 3.74. The van der Waals surface area contributed by atoms with E-state index in [1.807, 2.05) is 36.4 Å². The van der Waals surface area contributed by atoms with E-state index in [9.17, 15) is 9.59 Å². The molecule has 1 aromatic heterocycles. The maximum Gasteiger partial charge on any atom is 0.413 e. The van der Waals surface area contributed by atoms with Crippen LogP contribution in [0.2, 0.25) is 0 Å². The molecule has 0 aliphatic carbocycles. The molecule has 2 aromatic carbocycles. The van der Waals surface area contributed by atoms with Crippen LogP contribution in [0.3, 0.4) is 0 Å². The van der Waals surface area contributed by atoms with Gasteiger partial charge in [-0.3, -0.25) is 10.2 Å². The number of H-pyrrole nitrogens is 1. The van der Waals surface area contributed by atoms with Gasteiger partial charge in [-0.15, -0.1) is 0 Å². The van der Waals surface area contributed by atoms with E-state index in [1.54, 1.807) is 4.90 Å². The molecule has 162 valence electrons. The number of benzene rings is 2. The second-order valence-electron chi connectivity index (χ2n) is 7.54. The van der Waals surface area contributed by atoms with Gasteiger partial charge >= 0.3 is 12.1 Å². The van der Waals surface area contributed by atoms with Gasteiger partial charge in [-0.05, 0) is 35.4 Å². The molecule has 0 bridgehead atoms. The molecule has 2 N–H and O–H groups in total. The highest BCUT2D eigenvalue weighted by Gasteiger charge is 2.39. The number of methoxy groups -OCH3 is 1. The highest BCUT2D eigenvalue weighted by molar-refractivity contribution is 5.88. The summed E-state index contributed by atoms with van der Waals surface area (Å²) in [6.07, 6.45) is -0.594. The number of hydrogen-bond donors (Lipinski definition) is 2. The maximum atomic E-state index is 12.8. The van der Waals surface area contributed by atoms with Crippen LogP contribution in [0, 0.1) is 0 Å². The van der Waals surface area contributed by atoms with E-state index < -0.39 is 6.09 Å². The smallest absolute Gasteiger partial charge is 0.413 e. The molecule has 2 aliphatic heterocycles. The summed E-state index contributed by atoms with van der Waals surface area (Å²) in [6, 6.07) is 11.6. The number of fused-ring (bicyclic) bond motifs is 2. The first-order valence-corrected chi connectivity index (χ1v) is 10.0. The third-order valence-electron chi connectivity index (χ3n) is 5.55. The van der Waals surface area contributed by atoms with Gasteiger partial charge in [0.2, 0.25) is 5.95 Å². The van der Waals surface area contributed by atoms with Crippen molar-refractivity contribution >= 4 is 29.1 Å². The van der Waals surface area contributed by atoms with E-state index in [0.717, 1.165) is 28.0 Å². The van der Waals surface area contributed by atoms with Crippen LogP contribution < -0.4 is 10.1 Å². The van der Waals surface area contributed by atoms with Gasteiger partial charge in [0, 0.05) is 5.56 Å². The van der Waals surface area contributed by atoms with E-state index in [2.05, 4.69) is 33.2 Å². The minimum absolute atomic E-state index is 0.133. The normalized spacial score (nSPS) is 15.2. The quantitative estimate of drug-likeness (QED) is 0.596. The second kappa shape index (κ2) is 7.45. The van der Waals surface area contributed by atoms with Crippen LogP contribution in [0.25, 0.3) is 22.2 Å². The zero-order valence-corrected chi connectivity index (χ0v) is 17.5. The molecule has 1 fully saturated rings. The number of ether oxygens (including phenoxy) is 2. The number of nitrogens with zero attached hydrogens (tertiary/aromatic N) is 3. The molecule has 0 spiro atoms. The van der Waals surface area contributed by atoms with Crippen molar-refractivity contribution in [3.63, 3.8) is 0 Å². The number of imidazole rings is 1. The van der Waals surface area contributed by atoms with Gasteiger partial charge in [-0.2, -0.15) is 0 Å². The molecule has 32 heavy (non-hydrogen) atoms. The predicted octanol–water partition coefficient (Wildman–Crippen LogP) is 4.07. The number of aromatic nitrogens is 2. The van der Waals surface area contributed by atoms with Gasteiger partial charge in [0.1, 0.15) is 12.4 Å². The zero-order chi connectivity index (χ0) is 22.4. The Bertz CT molecular complexity index is 1280. The van der Waals surface area contributed by atoms with Gasteiger partial charge in [-0.1, -0.05) is 25.3 Å². The van der Waals surface area contributed by atoms with Crippen LogP contribution in [-0.2, 0) is 11.3 Å². The molecule has 0 saturated carbocycles. The minimum atomic E-state index is -0.594. The monoisotopic (exact) mass is 431 g/mol. The summed E-state index contributed by atoms with van der Waals surface area (Å²) in [7, 11) is 1.29. The fourth-order valence-electron chi connectivity index (χ4n) is 3.74. The van der Waals surface area contributed by atoms with E-state index in [-0.39, 0.29) is 6.03 Å². The third-order valence-corrected chi connectivity index (χ3v) is 5.55. The average Bonchev–Trinajstić information content (AvgIpc) is 3.28. The SMILES string of the molecule is C=C1C(=C)N1C(=O)N1CCOc2ccc(-c3ccc4nc(NC(=O)OC)[nH]c4c3)cc2C1. The molecular formula is C23H21N5O4. The zero-order valence-electron chi connectivity index (χ0n) is 17.5. The topological polar surface area (TPSA) is 99.6 Å². The van der Waals surface area contributed by atoms with Crippen molar-refractivity contribution in [2.24, 2.45) is 0 Å². The number of carbonyl (C=O) groups excluding carboxylic acids is 2. The molecule has 3 aromatic rings. The number of aromatic amines is 1. The fraction of sp³-hybridized carbons (Fsp3) is 0.174. The van der Waals surface area contributed by atoms with E-state index in [4.69, 9.17) is 4.74 Å². The van der Waals surface area contributed by atoms with Gasteiger partial charge in [0.05, 0.1) is 42.6 Å². The summed E-state index contributed by atoms with van der Waals surface area (Å²) in [6.45, 7) is 8.98. The Hall–Kier alpha value is -4.27. The number of urea groups is 1. The standard InChI is InChI=1S/C23H21N5O4/c1-13-14(2)28(13)23(30)27-8-9-32-20-7-5-15(10-17(20)12-27)16-4-6-18-19(11-16)25-21(24-18)26-22(29)31-3/h4-7,10-11H,1-2,8-9,12H2,3H3,(H2,24,25,26,29). The molecule has 0 radical (unpaired) electrons. The first kappa shape index (κ1) is 19.7. The van der Waals surface area contributed by atoms with Gasteiger partial charge < -0.3 is 19.4 Å². The number of hydrogen-bond acceptors (Lipinski definition) is 5. The van der Waals surface area contributed by atoms with Gasteiger partial charge in [-0.25, -0.2) is 14.6 Å². The van der Waals surface area contributed by atoms with Crippen molar-refractivity contribution in [3.05, 3.63) is 66.5 Å². The molecular weight excluding hydrogens is 410 g/mol. The van der Waals surface area contributed by atoms with Crippen molar-refractivity contribution < 1.29 is 19.1 Å². The number of rotatable bonds is 2. The van der Waals surface area contributed by atoms with Crippen LogP contribution in [0.1, 0.15) is 5.56 Å². The van der Waals surface area contributed by atoms with Crippen molar-refractivity contribution in [3.8, 4) is 16.9 Å². The second-order valence-corrected chi connectivity index (χ2v) is 7.54. The molecule has 9 nitrogen and oxygen atoms in total. The minimum Gasteiger partial charge on any atom is -0.491 e. The molecule has 0 atom stereocenters. The molecule has 3 amide bonds. The Morgan fingerprint density at radius 3 is 2.66 bits per heavy atom. The van der Waals surface area contributed by atoms with Crippen LogP contribution in [0.5, 0.6) is 5.75 Å². The number of anilines is 1. The van der Waals surface area contributed by atoms with Crippen molar-refractivity contribution in [2.45, 2.75) is 6.54 Å². The number of carbonyl (C=O) groups is 2. The Kier molecular flexibility index (Phi) is 4.58. The van der Waals surface area contributed by atoms with Crippen LogP contribution in [0.4, 0.5) is 15.5 Å². The maximum absolute atomic E-state index is 12.8. The van der Waals surface area contributed by atoms with Crippen molar-refractivity contribution in [1.82, 2.24) is 19.8 Å². The lowest BCUT2D eigenvalue weighted by molar-refractivity contribution is 0.178. The lowest BCUT2D eigenvalue weighted by atomic mass is 10.0. The van der Waals surface area contributed by atoms with Gasteiger partial charge in [0.15, 0.2) is 0 Å². The largest absolute Gasteiger partial charge is 0.491 e. The number of amides is 3. The third kappa shape index (κ3) is 3.43. The molecule has 2 aliphatic rings. The molecule has 5 rings (SSSR count). The van der Waals surface area contributed by atoms with Crippen LogP contribution >= 0.6 is 0 Å². The lowest BCUT2D eigenvalue weighted by Gasteiger charge is -2.20. The van der Waals surface area contributed by atoms with Crippen LogP contribution in [-0.4, -0.2) is 52.2 Å². The first-order valence-electron chi connectivity index (χ1n) is 10.0. The molecule has 1 saturated heterocycles. The highest BCUT2D eigenvalue weighted by Crippen LogP contribution is 2.37. The summed E-state index contributed by atoms with van der Waals surface area (Å²) >= 11 is 0. The molecule has 9 heteroatoms. The number of nitrogens with one attached hydrogen (secondary N) is 2. The van der Waals surface area contributed by atoms with Crippen LogP contribution in [0.15, 0.2) is 61.0 Å². The Morgan fingerprint density at radius 1 is 1.16 bits per heavy atom. The summed E-state index contributed by atoms with van der Waals surface area (Å²) < 4.78 is 10.5. The Balaban J connectivity index is 1.42. The summed E-state index contributed by atoms with van der Waals surface area (Å²) in [5.41, 5.74) is 5.66. The Morgan fingerprint density at radius 2 is 1.91 bits per heavy atom. The summed E-state index contributed by atoms with van der Waals surface area (Å²) in [5, 5.41) is 2.53.